The molecule has 0 aliphatic carbocycles. The second-order valence-electron chi connectivity index (χ2n) is 3.91. The Morgan fingerprint density at radius 3 is 2.94 bits per heavy atom. The lowest BCUT2D eigenvalue weighted by molar-refractivity contribution is 0.283. The summed E-state index contributed by atoms with van der Waals surface area (Å²) < 4.78 is 12.9. The first kappa shape index (κ1) is 12.3. The van der Waals surface area contributed by atoms with Gasteiger partial charge in [-0.3, -0.25) is 0 Å². The van der Waals surface area contributed by atoms with E-state index in [2.05, 4.69) is 4.98 Å². The third-order valence-electron chi connectivity index (χ3n) is 2.57. The van der Waals surface area contributed by atoms with E-state index in [-0.39, 0.29) is 0 Å². The van der Waals surface area contributed by atoms with E-state index in [9.17, 15) is 0 Å². The van der Waals surface area contributed by atoms with Crippen molar-refractivity contribution in [1.29, 1.82) is 0 Å². The third-order valence-corrected chi connectivity index (χ3v) is 2.57. The Kier molecular flexibility index (Phi) is 4.06. The van der Waals surface area contributed by atoms with Gasteiger partial charge in [0, 0.05) is 30.7 Å². The average molecular weight is 247 g/mol. The van der Waals surface area contributed by atoms with Gasteiger partial charge in [-0.05, 0) is 18.6 Å². The Morgan fingerprint density at radius 1 is 1.33 bits per heavy atom. The SMILES string of the molecule is COc1ccc(N)cc1OCCCn1ccnc1. The second kappa shape index (κ2) is 5.95. The molecule has 0 saturated heterocycles. The van der Waals surface area contributed by atoms with Crippen LogP contribution in [0.3, 0.4) is 0 Å². The number of imidazole rings is 1. The zero-order valence-corrected chi connectivity index (χ0v) is 10.4. The van der Waals surface area contributed by atoms with Gasteiger partial charge in [-0.1, -0.05) is 0 Å². The normalized spacial score (nSPS) is 10.3. The number of hydrogen-bond donors (Lipinski definition) is 1. The van der Waals surface area contributed by atoms with Crippen molar-refractivity contribution in [3.8, 4) is 11.5 Å². The molecule has 0 atom stereocenters. The number of methoxy groups -OCH3 is 1. The number of hydrogen-bond acceptors (Lipinski definition) is 4. The summed E-state index contributed by atoms with van der Waals surface area (Å²) in [6.45, 7) is 1.49. The molecule has 0 fully saturated rings. The van der Waals surface area contributed by atoms with Crippen LogP contribution >= 0.6 is 0 Å². The lowest BCUT2D eigenvalue weighted by Crippen LogP contribution is -2.04. The van der Waals surface area contributed by atoms with E-state index in [1.165, 1.54) is 0 Å². The van der Waals surface area contributed by atoms with Crippen LogP contribution in [0.1, 0.15) is 6.42 Å². The van der Waals surface area contributed by atoms with Gasteiger partial charge in [0.2, 0.25) is 0 Å². The van der Waals surface area contributed by atoms with Crippen LogP contribution < -0.4 is 15.2 Å². The highest BCUT2D eigenvalue weighted by Gasteiger charge is 2.04. The number of anilines is 1. The van der Waals surface area contributed by atoms with Crippen LogP contribution in [-0.2, 0) is 6.54 Å². The van der Waals surface area contributed by atoms with Crippen molar-refractivity contribution in [3.05, 3.63) is 36.9 Å². The number of benzene rings is 1. The van der Waals surface area contributed by atoms with Crippen molar-refractivity contribution in [2.75, 3.05) is 19.5 Å². The Morgan fingerprint density at radius 2 is 2.22 bits per heavy atom. The quantitative estimate of drug-likeness (QED) is 0.626. The Balaban J connectivity index is 1.84. The van der Waals surface area contributed by atoms with Crippen LogP contribution in [0.15, 0.2) is 36.9 Å². The maximum Gasteiger partial charge on any atom is 0.163 e. The van der Waals surface area contributed by atoms with Gasteiger partial charge < -0.3 is 19.8 Å². The summed E-state index contributed by atoms with van der Waals surface area (Å²) in [5.74, 6) is 1.38. The molecule has 5 nitrogen and oxygen atoms in total. The number of ether oxygens (including phenoxy) is 2. The van der Waals surface area contributed by atoms with Crippen LogP contribution in [-0.4, -0.2) is 23.3 Å². The summed E-state index contributed by atoms with van der Waals surface area (Å²) in [7, 11) is 1.61. The monoisotopic (exact) mass is 247 g/mol. The minimum Gasteiger partial charge on any atom is -0.493 e. The van der Waals surface area contributed by atoms with Gasteiger partial charge in [0.1, 0.15) is 0 Å². The van der Waals surface area contributed by atoms with Crippen LogP contribution in [0.4, 0.5) is 5.69 Å². The number of nitrogens with two attached hydrogens (primary N) is 1. The molecule has 0 radical (unpaired) electrons. The molecule has 2 N–H and O–H groups in total. The third kappa shape index (κ3) is 3.16. The van der Waals surface area contributed by atoms with Gasteiger partial charge in [0.25, 0.3) is 0 Å². The van der Waals surface area contributed by atoms with Gasteiger partial charge >= 0.3 is 0 Å². The molecule has 0 aliphatic rings. The highest BCUT2D eigenvalue weighted by atomic mass is 16.5. The largest absolute Gasteiger partial charge is 0.493 e. The molecule has 0 spiro atoms. The second-order valence-corrected chi connectivity index (χ2v) is 3.91. The van der Waals surface area contributed by atoms with Crippen molar-refractivity contribution >= 4 is 5.69 Å². The maximum absolute atomic E-state index is 5.72. The van der Waals surface area contributed by atoms with E-state index in [0.29, 0.717) is 23.8 Å². The van der Waals surface area contributed by atoms with Crippen LogP contribution in [0.2, 0.25) is 0 Å². The number of aromatic nitrogens is 2. The molecule has 1 aromatic carbocycles. The number of rotatable bonds is 6. The van der Waals surface area contributed by atoms with Crippen molar-refractivity contribution in [1.82, 2.24) is 9.55 Å². The average Bonchev–Trinajstić information content (AvgIpc) is 2.88. The van der Waals surface area contributed by atoms with Crippen molar-refractivity contribution in [3.63, 3.8) is 0 Å². The maximum atomic E-state index is 5.72. The Labute approximate surface area is 106 Å². The van der Waals surface area contributed by atoms with Gasteiger partial charge in [-0.15, -0.1) is 0 Å². The predicted octanol–water partition coefficient (Wildman–Crippen LogP) is 1.94. The van der Waals surface area contributed by atoms with Gasteiger partial charge in [0.15, 0.2) is 11.5 Å². The standard InChI is InChI=1S/C13H17N3O2/c1-17-12-4-3-11(14)9-13(12)18-8-2-6-16-7-5-15-10-16/h3-5,7,9-10H,2,6,8,14H2,1H3. The smallest absolute Gasteiger partial charge is 0.163 e. The molecular weight excluding hydrogens is 230 g/mol. The number of aryl methyl sites for hydroxylation is 1. The number of nitrogens with zero attached hydrogens (tertiary/aromatic N) is 2. The minimum absolute atomic E-state index is 0.609. The summed E-state index contributed by atoms with van der Waals surface area (Å²) in [5, 5.41) is 0. The van der Waals surface area contributed by atoms with Crippen molar-refractivity contribution in [2.45, 2.75) is 13.0 Å². The van der Waals surface area contributed by atoms with E-state index in [0.717, 1.165) is 13.0 Å². The highest BCUT2D eigenvalue weighted by Crippen LogP contribution is 2.28. The molecule has 1 aromatic heterocycles. The fourth-order valence-electron chi connectivity index (χ4n) is 1.65. The molecular formula is C13H17N3O2. The zero-order valence-electron chi connectivity index (χ0n) is 10.4. The zero-order chi connectivity index (χ0) is 12.8. The predicted molar refractivity (Wildman–Crippen MR) is 69.7 cm³/mol. The lowest BCUT2D eigenvalue weighted by Gasteiger charge is -2.11. The van der Waals surface area contributed by atoms with E-state index in [4.69, 9.17) is 15.2 Å². The first-order valence-electron chi connectivity index (χ1n) is 5.81. The first-order chi connectivity index (χ1) is 8.79. The summed E-state index contributed by atoms with van der Waals surface area (Å²) in [6.07, 6.45) is 6.39. The van der Waals surface area contributed by atoms with E-state index >= 15 is 0 Å². The van der Waals surface area contributed by atoms with Gasteiger partial charge in [-0.25, -0.2) is 4.98 Å². The van der Waals surface area contributed by atoms with Crippen LogP contribution in [0, 0.1) is 0 Å². The highest BCUT2D eigenvalue weighted by molar-refractivity contribution is 5.51. The Bertz CT molecular complexity index is 483. The van der Waals surface area contributed by atoms with E-state index < -0.39 is 0 Å². The molecule has 0 aliphatic heterocycles. The van der Waals surface area contributed by atoms with E-state index in [1.807, 2.05) is 10.8 Å². The van der Waals surface area contributed by atoms with Crippen LogP contribution in [0.5, 0.6) is 11.5 Å². The summed E-state index contributed by atoms with van der Waals surface area (Å²) in [4.78, 5) is 3.98. The topological polar surface area (TPSA) is 62.3 Å². The first-order valence-corrected chi connectivity index (χ1v) is 5.81. The summed E-state index contributed by atoms with van der Waals surface area (Å²) in [6, 6.07) is 5.37. The molecule has 0 amide bonds. The molecule has 2 aromatic rings. The van der Waals surface area contributed by atoms with Gasteiger partial charge in [-0.2, -0.15) is 0 Å². The molecule has 0 bridgehead atoms. The van der Waals surface area contributed by atoms with E-state index in [1.54, 1.807) is 37.8 Å². The Hall–Kier alpha value is -2.17. The minimum atomic E-state index is 0.609. The number of nitrogen functional groups attached to an aromatic ring is 1. The fraction of sp³-hybridized carbons (Fsp3) is 0.308. The molecule has 2 rings (SSSR count). The van der Waals surface area contributed by atoms with Crippen molar-refractivity contribution in [2.24, 2.45) is 0 Å². The van der Waals surface area contributed by atoms with Crippen molar-refractivity contribution < 1.29 is 9.47 Å². The van der Waals surface area contributed by atoms with Gasteiger partial charge in [0.05, 0.1) is 20.0 Å². The molecule has 5 heteroatoms. The fourth-order valence-corrected chi connectivity index (χ4v) is 1.65. The summed E-state index contributed by atoms with van der Waals surface area (Å²) in [5.41, 5.74) is 6.38. The molecule has 0 unspecified atom stereocenters. The molecule has 18 heavy (non-hydrogen) atoms. The lowest BCUT2D eigenvalue weighted by atomic mass is 10.3. The molecule has 0 saturated carbocycles. The van der Waals surface area contributed by atoms with Crippen LogP contribution in [0.25, 0.3) is 0 Å². The summed E-state index contributed by atoms with van der Waals surface area (Å²) >= 11 is 0. The molecule has 96 valence electrons. The molecule has 1 heterocycles.